The van der Waals surface area contributed by atoms with E-state index in [9.17, 15) is 14.4 Å². The number of carbonyl (C=O) groups excluding carboxylic acids is 3. The maximum absolute atomic E-state index is 12.8. The molecule has 4 rings (SSSR count). The number of rotatable bonds is 4. The number of anilines is 1. The summed E-state index contributed by atoms with van der Waals surface area (Å²) < 4.78 is 0. The number of nitrogens with zero attached hydrogens (tertiary/aromatic N) is 2. The first kappa shape index (κ1) is 18.8. The Morgan fingerprint density at radius 3 is 2.59 bits per heavy atom. The fraction of sp³-hybridized carbons (Fsp3) is 0.0909. The van der Waals surface area contributed by atoms with Crippen molar-refractivity contribution in [1.82, 2.24) is 9.88 Å². The molecule has 1 N–H and O–H groups in total. The molecular formula is C22H16ClN3O3. The summed E-state index contributed by atoms with van der Waals surface area (Å²) >= 11 is 6.31. The molecule has 1 aliphatic heterocycles. The van der Waals surface area contributed by atoms with Crippen LogP contribution in [-0.2, 0) is 6.54 Å². The molecule has 0 bridgehead atoms. The molecule has 6 nitrogen and oxygen atoms in total. The normalized spacial score (nSPS) is 12.8. The number of benzene rings is 2. The Bertz CT molecular complexity index is 1150. The van der Waals surface area contributed by atoms with Gasteiger partial charge in [0, 0.05) is 6.20 Å². The SMILES string of the molecule is Cc1ccc2c(c1)C(=O)N(Cc1cccc(Cl)c1NC(=O)c1ccccn1)C2=O. The van der Waals surface area contributed by atoms with Crippen molar-refractivity contribution in [1.29, 1.82) is 0 Å². The molecule has 0 saturated carbocycles. The standard InChI is InChI=1S/C22H16ClN3O3/c1-13-8-9-15-16(11-13)22(29)26(21(15)28)12-14-5-4-6-17(23)19(14)25-20(27)18-7-2-3-10-24-18/h2-11H,12H2,1H3,(H,25,27). The van der Waals surface area contributed by atoms with Crippen molar-refractivity contribution in [2.45, 2.75) is 13.5 Å². The fourth-order valence-corrected chi connectivity index (χ4v) is 3.48. The Balaban J connectivity index is 1.64. The number of pyridine rings is 1. The smallest absolute Gasteiger partial charge is 0.274 e. The van der Waals surface area contributed by atoms with E-state index in [1.165, 1.54) is 6.20 Å². The Kier molecular flexibility index (Phi) is 4.86. The number of hydrogen-bond donors (Lipinski definition) is 1. The number of imide groups is 1. The average Bonchev–Trinajstić information content (AvgIpc) is 2.95. The van der Waals surface area contributed by atoms with Crippen molar-refractivity contribution in [2.75, 3.05) is 5.32 Å². The van der Waals surface area contributed by atoms with Gasteiger partial charge < -0.3 is 5.32 Å². The first-order valence-corrected chi connectivity index (χ1v) is 9.30. The second-order valence-electron chi connectivity index (χ2n) is 6.69. The van der Waals surface area contributed by atoms with Gasteiger partial charge in [0.1, 0.15) is 5.69 Å². The molecule has 7 heteroatoms. The van der Waals surface area contributed by atoms with Gasteiger partial charge in [0.25, 0.3) is 17.7 Å². The molecule has 29 heavy (non-hydrogen) atoms. The summed E-state index contributed by atoms with van der Waals surface area (Å²) in [5.74, 6) is -1.17. The Morgan fingerprint density at radius 1 is 1.03 bits per heavy atom. The molecule has 0 aliphatic carbocycles. The minimum absolute atomic E-state index is 0.0101. The minimum atomic E-state index is -0.432. The van der Waals surface area contributed by atoms with E-state index in [-0.39, 0.29) is 24.1 Å². The zero-order valence-electron chi connectivity index (χ0n) is 15.5. The van der Waals surface area contributed by atoms with Crippen LogP contribution in [0.3, 0.4) is 0 Å². The van der Waals surface area contributed by atoms with Crippen molar-refractivity contribution in [3.8, 4) is 0 Å². The molecule has 0 fully saturated rings. The van der Waals surface area contributed by atoms with Gasteiger partial charge in [-0.3, -0.25) is 24.3 Å². The number of hydrogen-bond acceptors (Lipinski definition) is 4. The first-order chi connectivity index (χ1) is 14.0. The van der Waals surface area contributed by atoms with Gasteiger partial charge in [-0.2, -0.15) is 0 Å². The highest BCUT2D eigenvalue weighted by atomic mass is 35.5. The number of fused-ring (bicyclic) bond motifs is 1. The van der Waals surface area contributed by atoms with E-state index in [1.54, 1.807) is 54.6 Å². The monoisotopic (exact) mass is 405 g/mol. The fourth-order valence-electron chi connectivity index (χ4n) is 3.23. The van der Waals surface area contributed by atoms with E-state index in [4.69, 9.17) is 11.6 Å². The van der Waals surface area contributed by atoms with Crippen molar-refractivity contribution >= 4 is 35.0 Å². The van der Waals surface area contributed by atoms with Crippen molar-refractivity contribution < 1.29 is 14.4 Å². The number of para-hydroxylation sites is 1. The van der Waals surface area contributed by atoms with Gasteiger partial charge in [0.2, 0.25) is 0 Å². The largest absolute Gasteiger partial charge is 0.319 e. The molecule has 0 unspecified atom stereocenters. The maximum Gasteiger partial charge on any atom is 0.274 e. The molecule has 0 spiro atoms. The molecule has 0 saturated heterocycles. The lowest BCUT2D eigenvalue weighted by molar-refractivity contribution is 0.0642. The predicted octanol–water partition coefficient (Wildman–Crippen LogP) is 4.09. The molecule has 0 atom stereocenters. The van der Waals surface area contributed by atoms with Gasteiger partial charge in [-0.25, -0.2) is 0 Å². The number of nitrogens with one attached hydrogen (secondary N) is 1. The lowest BCUT2D eigenvalue weighted by atomic mass is 10.1. The van der Waals surface area contributed by atoms with E-state index in [2.05, 4.69) is 10.3 Å². The summed E-state index contributed by atoms with van der Waals surface area (Å²) in [6, 6.07) is 15.2. The van der Waals surface area contributed by atoms with Crippen molar-refractivity contribution in [3.63, 3.8) is 0 Å². The predicted molar refractivity (Wildman–Crippen MR) is 109 cm³/mol. The van der Waals surface area contributed by atoms with Gasteiger partial charge in [-0.05, 0) is 42.8 Å². The second-order valence-corrected chi connectivity index (χ2v) is 7.10. The third-order valence-electron chi connectivity index (χ3n) is 4.69. The highest BCUT2D eigenvalue weighted by Crippen LogP contribution is 2.31. The molecule has 0 radical (unpaired) electrons. The first-order valence-electron chi connectivity index (χ1n) is 8.92. The number of amides is 3. The van der Waals surface area contributed by atoms with E-state index in [0.717, 1.165) is 10.5 Å². The van der Waals surface area contributed by atoms with Gasteiger partial charge >= 0.3 is 0 Å². The second kappa shape index (κ2) is 7.48. The van der Waals surface area contributed by atoms with Crippen LogP contribution in [0.5, 0.6) is 0 Å². The molecule has 1 aromatic heterocycles. The zero-order valence-corrected chi connectivity index (χ0v) is 16.2. The summed E-state index contributed by atoms with van der Waals surface area (Å²) in [5.41, 5.74) is 2.79. The molecule has 1 aliphatic rings. The Labute approximate surface area is 172 Å². The van der Waals surface area contributed by atoms with Gasteiger partial charge in [0.15, 0.2) is 0 Å². The topological polar surface area (TPSA) is 79.4 Å². The van der Waals surface area contributed by atoms with Crippen LogP contribution < -0.4 is 5.32 Å². The van der Waals surface area contributed by atoms with Crippen LogP contribution in [-0.4, -0.2) is 27.6 Å². The van der Waals surface area contributed by atoms with Crippen LogP contribution in [0.1, 0.15) is 42.3 Å². The van der Waals surface area contributed by atoms with Gasteiger partial charge in [0.05, 0.1) is 28.4 Å². The van der Waals surface area contributed by atoms with Crippen LogP contribution >= 0.6 is 11.6 Å². The van der Waals surface area contributed by atoms with E-state index in [1.807, 2.05) is 6.92 Å². The maximum atomic E-state index is 12.8. The van der Waals surface area contributed by atoms with E-state index < -0.39 is 5.91 Å². The Morgan fingerprint density at radius 2 is 1.83 bits per heavy atom. The lowest BCUT2D eigenvalue weighted by Gasteiger charge is -2.18. The molecule has 3 aromatic rings. The number of aryl methyl sites for hydroxylation is 1. The highest BCUT2D eigenvalue weighted by molar-refractivity contribution is 6.34. The van der Waals surface area contributed by atoms with Gasteiger partial charge in [-0.1, -0.05) is 41.4 Å². The summed E-state index contributed by atoms with van der Waals surface area (Å²) in [5, 5.41) is 3.05. The van der Waals surface area contributed by atoms with Crippen molar-refractivity contribution in [2.24, 2.45) is 0 Å². The third-order valence-corrected chi connectivity index (χ3v) is 5.01. The summed E-state index contributed by atoms with van der Waals surface area (Å²) in [7, 11) is 0. The zero-order chi connectivity index (χ0) is 20.5. The molecule has 3 amide bonds. The summed E-state index contributed by atoms with van der Waals surface area (Å²) in [4.78, 5) is 43.2. The van der Waals surface area contributed by atoms with Crippen LogP contribution in [0.2, 0.25) is 5.02 Å². The molecule has 2 aromatic carbocycles. The minimum Gasteiger partial charge on any atom is -0.319 e. The summed E-state index contributed by atoms with van der Waals surface area (Å²) in [6.45, 7) is 1.85. The number of aromatic nitrogens is 1. The third kappa shape index (κ3) is 3.50. The average molecular weight is 406 g/mol. The van der Waals surface area contributed by atoms with Crippen molar-refractivity contribution in [3.05, 3.63) is 93.8 Å². The number of carbonyl (C=O) groups is 3. The molecular weight excluding hydrogens is 390 g/mol. The van der Waals surface area contributed by atoms with Crippen LogP contribution in [0.4, 0.5) is 5.69 Å². The Hall–Kier alpha value is -3.51. The van der Waals surface area contributed by atoms with Crippen LogP contribution in [0, 0.1) is 6.92 Å². The van der Waals surface area contributed by atoms with Crippen LogP contribution in [0.25, 0.3) is 0 Å². The van der Waals surface area contributed by atoms with E-state index in [0.29, 0.717) is 27.4 Å². The quantitative estimate of drug-likeness (QED) is 0.663. The molecule has 144 valence electrons. The van der Waals surface area contributed by atoms with Gasteiger partial charge in [-0.15, -0.1) is 0 Å². The van der Waals surface area contributed by atoms with Crippen LogP contribution in [0.15, 0.2) is 60.8 Å². The molecule has 2 heterocycles. The highest BCUT2D eigenvalue weighted by Gasteiger charge is 2.36. The van der Waals surface area contributed by atoms with E-state index >= 15 is 0 Å². The lowest BCUT2D eigenvalue weighted by Crippen LogP contribution is -2.29. The summed E-state index contributed by atoms with van der Waals surface area (Å²) in [6.07, 6.45) is 1.52. The number of halogens is 1.